The third kappa shape index (κ3) is 3.98. The van der Waals surface area contributed by atoms with Gasteiger partial charge in [0.2, 0.25) is 5.91 Å². The third-order valence-electron chi connectivity index (χ3n) is 5.51. The Morgan fingerprint density at radius 1 is 1.34 bits per heavy atom. The smallest absolute Gasteiger partial charge is 0.237 e. The molecule has 1 unspecified atom stereocenters. The van der Waals surface area contributed by atoms with Crippen LogP contribution in [0.4, 0.5) is 11.5 Å². The van der Waals surface area contributed by atoms with Crippen LogP contribution in [-0.2, 0) is 17.6 Å². The Morgan fingerprint density at radius 3 is 2.90 bits per heavy atom. The summed E-state index contributed by atoms with van der Waals surface area (Å²) in [4.78, 5) is 26.3. The van der Waals surface area contributed by atoms with Gasteiger partial charge in [0.25, 0.3) is 0 Å². The zero-order valence-electron chi connectivity index (χ0n) is 17.1. The lowest BCUT2D eigenvalue weighted by atomic mass is 9.89. The molecule has 1 aromatic carbocycles. The summed E-state index contributed by atoms with van der Waals surface area (Å²) in [6, 6.07) is 7.95. The number of nitrogens with zero attached hydrogens (tertiary/aromatic N) is 3. The fourth-order valence-electron chi connectivity index (χ4n) is 3.97. The SMILES string of the molecule is CCN(C(=O)CSc1nc(N)c2c3c(sc2n1)CC(C)CC3)c1ccccc1C. The van der Waals surface area contributed by atoms with Gasteiger partial charge in [-0.3, -0.25) is 4.79 Å². The van der Waals surface area contributed by atoms with Crippen LogP contribution in [0.15, 0.2) is 29.4 Å². The molecule has 0 fully saturated rings. The van der Waals surface area contributed by atoms with E-state index < -0.39 is 0 Å². The molecular formula is C22H26N4OS2. The number of nitrogens with two attached hydrogens (primary N) is 1. The van der Waals surface area contributed by atoms with Gasteiger partial charge >= 0.3 is 0 Å². The average molecular weight is 427 g/mol. The van der Waals surface area contributed by atoms with Crippen molar-refractivity contribution in [1.82, 2.24) is 9.97 Å². The molecule has 2 aromatic heterocycles. The van der Waals surface area contributed by atoms with E-state index >= 15 is 0 Å². The molecule has 0 saturated carbocycles. The minimum atomic E-state index is 0.0494. The first-order chi connectivity index (χ1) is 14.0. The van der Waals surface area contributed by atoms with Crippen molar-refractivity contribution in [3.05, 3.63) is 40.3 Å². The fourth-order valence-corrected chi connectivity index (χ4v) is 6.14. The molecular weight excluding hydrogens is 400 g/mol. The topological polar surface area (TPSA) is 72.1 Å². The number of nitrogen functional groups attached to an aromatic ring is 1. The summed E-state index contributed by atoms with van der Waals surface area (Å²) in [6.07, 6.45) is 3.34. The van der Waals surface area contributed by atoms with E-state index in [0.29, 0.717) is 23.4 Å². The second-order valence-electron chi connectivity index (χ2n) is 7.64. The number of thioether (sulfide) groups is 1. The van der Waals surface area contributed by atoms with Crippen molar-refractivity contribution in [1.29, 1.82) is 0 Å². The lowest BCUT2D eigenvalue weighted by Crippen LogP contribution is -2.32. The van der Waals surface area contributed by atoms with E-state index in [4.69, 9.17) is 10.7 Å². The summed E-state index contributed by atoms with van der Waals surface area (Å²) in [5.41, 5.74) is 9.69. The summed E-state index contributed by atoms with van der Waals surface area (Å²) < 4.78 is 0. The zero-order valence-corrected chi connectivity index (χ0v) is 18.7. The van der Waals surface area contributed by atoms with Gasteiger partial charge in [0.1, 0.15) is 10.6 Å². The predicted octanol–water partition coefficient (Wildman–Crippen LogP) is 4.85. The standard InChI is InChI=1S/C22H26N4OS2/c1-4-26(16-8-6-5-7-14(16)3)18(27)12-28-22-24-20(23)19-15-10-9-13(2)11-17(15)29-21(19)25-22/h5-8,13H,4,9-12H2,1-3H3,(H2,23,24,25). The number of aryl methyl sites for hydroxylation is 2. The quantitative estimate of drug-likeness (QED) is 0.466. The number of benzene rings is 1. The second-order valence-corrected chi connectivity index (χ2v) is 9.66. The number of carbonyl (C=O) groups is 1. The molecule has 29 heavy (non-hydrogen) atoms. The molecule has 7 heteroatoms. The Kier molecular flexibility index (Phi) is 5.79. The summed E-state index contributed by atoms with van der Waals surface area (Å²) in [6.45, 7) is 6.94. The van der Waals surface area contributed by atoms with Gasteiger partial charge in [0, 0.05) is 17.1 Å². The summed E-state index contributed by atoms with van der Waals surface area (Å²) in [7, 11) is 0. The Bertz CT molecular complexity index is 1060. The highest BCUT2D eigenvalue weighted by Crippen LogP contribution is 2.40. The summed E-state index contributed by atoms with van der Waals surface area (Å²) in [5, 5.41) is 1.61. The number of fused-ring (bicyclic) bond motifs is 3. The maximum absolute atomic E-state index is 12.9. The lowest BCUT2D eigenvalue weighted by molar-refractivity contribution is -0.116. The van der Waals surface area contributed by atoms with Crippen molar-refractivity contribution in [3.63, 3.8) is 0 Å². The molecule has 1 aliphatic rings. The Morgan fingerprint density at radius 2 is 2.14 bits per heavy atom. The van der Waals surface area contributed by atoms with E-state index in [2.05, 4.69) is 11.9 Å². The van der Waals surface area contributed by atoms with Crippen molar-refractivity contribution in [2.75, 3.05) is 22.9 Å². The number of thiophene rings is 1. The number of anilines is 2. The Balaban J connectivity index is 1.54. The van der Waals surface area contributed by atoms with Crippen LogP contribution in [0.25, 0.3) is 10.2 Å². The highest BCUT2D eigenvalue weighted by atomic mass is 32.2. The van der Waals surface area contributed by atoms with Crippen molar-refractivity contribution in [2.45, 2.75) is 45.2 Å². The average Bonchev–Trinajstić information content (AvgIpc) is 3.06. The number of hydrogen-bond donors (Lipinski definition) is 1. The first kappa shape index (κ1) is 20.2. The van der Waals surface area contributed by atoms with E-state index in [1.54, 1.807) is 11.3 Å². The zero-order chi connectivity index (χ0) is 20.5. The first-order valence-electron chi connectivity index (χ1n) is 10.0. The highest BCUT2D eigenvalue weighted by Gasteiger charge is 2.24. The molecule has 2 N–H and O–H groups in total. The summed E-state index contributed by atoms with van der Waals surface area (Å²) in [5.74, 6) is 1.59. The van der Waals surface area contributed by atoms with Crippen LogP contribution in [-0.4, -0.2) is 28.2 Å². The molecule has 0 spiro atoms. The highest BCUT2D eigenvalue weighted by molar-refractivity contribution is 7.99. The minimum absolute atomic E-state index is 0.0494. The largest absolute Gasteiger partial charge is 0.383 e. The number of aromatic nitrogens is 2. The van der Waals surface area contributed by atoms with Crippen LogP contribution in [0.1, 0.15) is 36.3 Å². The number of hydrogen-bond acceptors (Lipinski definition) is 6. The van der Waals surface area contributed by atoms with Gasteiger partial charge in [0.15, 0.2) is 5.16 Å². The molecule has 0 radical (unpaired) electrons. The van der Waals surface area contributed by atoms with Gasteiger partial charge in [-0.15, -0.1) is 11.3 Å². The van der Waals surface area contributed by atoms with E-state index in [1.807, 2.05) is 43.0 Å². The van der Waals surface area contributed by atoms with Crippen LogP contribution < -0.4 is 10.6 Å². The molecule has 152 valence electrons. The van der Waals surface area contributed by atoms with Crippen LogP contribution in [0, 0.1) is 12.8 Å². The molecule has 1 amide bonds. The third-order valence-corrected chi connectivity index (χ3v) is 7.49. The van der Waals surface area contributed by atoms with E-state index in [-0.39, 0.29) is 11.7 Å². The number of rotatable bonds is 5. The van der Waals surface area contributed by atoms with Crippen molar-refractivity contribution in [3.8, 4) is 0 Å². The number of para-hydroxylation sites is 1. The van der Waals surface area contributed by atoms with Crippen LogP contribution in [0.5, 0.6) is 0 Å². The van der Waals surface area contributed by atoms with Crippen molar-refractivity contribution >= 4 is 50.7 Å². The second kappa shape index (κ2) is 8.32. The fraction of sp³-hybridized carbons (Fsp3) is 0.409. The van der Waals surface area contributed by atoms with E-state index in [0.717, 1.165) is 34.3 Å². The van der Waals surface area contributed by atoms with Crippen LogP contribution in [0.2, 0.25) is 0 Å². The molecule has 3 aromatic rings. The number of carbonyl (C=O) groups excluding carboxylic acids is 1. The molecule has 2 heterocycles. The minimum Gasteiger partial charge on any atom is -0.383 e. The first-order valence-corrected chi connectivity index (χ1v) is 11.8. The Labute approximate surface area is 179 Å². The maximum atomic E-state index is 12.9. The molecule has 0 bridgehead atoms. The van der Waals surface area contributed by atoms with E-state index in [9.17, 15) is 4.79 Å². The molecule has 5 nitrogen and oxygen atoms in total. The molecule has 1 aliphatic carbocycles. The van der Waals surface area contributed by atoms with Gasteiger partial charge in [-0.25, -0.2) is 9.97 Å². The van der Waals surface area contributed by atoms with Crippen LogP contribution in [0.3, 0.4) is 0 Å². The monoisotopic (exact) mass is 426 g/mol. The van der Waals surface area contributed by atoms with E-state index in [1.165, 1.54) is 28.6 Å². The van der Waals surface area contributed by atoms with Crippen molar-refractivity contribution in [2.24, 2.45) is 5.92 Å². The summed E-state index contributed by atoms with van der Waals surface area (Å²) >= 11 is 3.10. The van der Waals surface area contributed by atoms with Gasteiger partial charge in [-0.2, -0.15) is 0 Å². The normalized spacial score (nSPS) is 16.0. The van der Waals surface area contributed by atoms with Gasteiger partial charge in [0.05, 0.1) is 11.1 Å². The number of amides is 1. The predicted molar refractivity (Wildman–Crippen MR) is 123 cm³/mol. The van der Waals surface area contributed by atoms with Gasteiger partial charge < -0.3 is 10.6 Å². The lowest BCUT2D eigenvalue weighted by Gasteiger charge is -2.22. The van der Waals surface area contributed by atoms with Crippen LogP contribution >= 0.6 is 23.1 Å². The molecule has 4 rings (SSSR count). The Hall–Kier alpha value is -2.12. The van der Waals surface area contributed by atoms with Gasteiger partial charge in [-0.05, 0) is 56.2 Å². The maximum Gasteiger partial charge on any atom is 0.237 e. The van der Waals surface area contributed by atoms with Crippen molar-refractivity contribution < 1.29 is 4.79 Å². The molecule has 1 atom stereocenters. The molecule has 0 aliphatic heterocycles. The molecule has 0 saturated heterocycles. The van der Waals surface area contributed by atoms with Gasteiger partial charge in [-0.1, -0.05) is 36.9 Å².